The topological polar surface area (TPSA) is 29.5 Å². The molecule has 1 atom stereocenters. The monoisotopic (exact) mass is 209 g/mol. The number of terminal acetylenes is 1. The number of rotatable bonds is 1. The van der Waals surface area contributed by atoms with Gasteiger partial charge in [-0.3, -0.25) is 0 Å². The second-order valence-corrected chi connectivity index (χ2v) is 4.95. The molecule has 0 N–H and O–H groups in total. The van der Waals surface area contributed by atoms with E-state index in [1.807, 2.05) is 20.8 Å². The van der Waals surface area contributed by atoms with Crippen LogP contribution in [0.2, 0.25) is 0 Å². The number of piperidine rings is 1. The summed E-state index contributed by atoms with van der Waals surface area (Å²) >= 11 is 0. The summed E-state index contributed by atoms with van der Waals surface area (Å²) in [6.45, 7) is 6.26. The Hall–Kier alpha value is -1.01. The minimum Gasteiger partial charge on any atom is -0.366 e. The molecule has 0 saturated carbocycles. The van der Waals surface area contributed by atoms with Gasteiger partial charge in [0.2, 0.25) is 0 Å². The van der Waals surface area contributed by atoms with Crippen LogP contribution in [0.25, 0.3) is 0 Å². The smallest absolute Gasteiger partial charge is 0.330 e. The van der Waals surface area contributed by atoms with Gasteiger partial charge in [0, 0.05) is 6.54 Å². The number of nitrogens with zero attached hydrogens (tertiary/aromatic N) is 1. The lowest BCUT2D eigenvalue weighted by molar-refractivity contribution is -0.211. The zero-order chi connectivity index (χ0) is 11.5. The molecule has 0 amide bonds. The van der Waals surface area contributed by atoms with Crippen molar-refractivity contribution >= 4 is 5.97 Å². The molecule has 0 spiro atoms. The van der Waals surface area contributed by atoms with E-state index in [9.17, 15) is 4.79 Å². The molecular formula is C12H19NO2. The minimum absolute atomic E-state index is 0.0509. The third-order valence-corrected chi connectivity index (χ3v) is 2.46. The summed E-state index contributed by atoms with van der Waals surface area (Å²) < 4.78 is 0. The van der Waals surface area contributed by atoms with Gasteiger partial charge in [-0.25, -0.2) is 4.79 Å². The summed E-state index contributed by atoms with van der Waals surface area (Å²) in [4.78, 5) is 17.0. The van der Waals surface area contributed by atoms with Gasteiger partial charge in [-0.2, -0.15) is 0 Å². The van der Waals surface area contributed by atoms with Gasteiger partial charge in [-0.15, -0.1) is 11.5 Å². The zero-order valence-corrected chi connectivity index (χ0v) is 9.75. The molecule has 1 aliphatic rings. The molecule has 1 fully saturated rings. The molecule has 1 aliphatic heterocycles. The van der Waals surface area contributed by atoms with Gasteiger partial charge in [0.25, 0.3) is 0 Å². The molecule has 1 unspecified atom stereocenters. The average molecular weight is 209 g/mol. The third kappa shape index (κ3) is 3.24. The van der Waals surface area contributed by atoms with Crippen molar-refractivity contribution in [3.05, 3.63) is 0 Å². The van der Waals surface area contributed by atoms with Crippen LogP contribution in [0.3, 0.4) is 0 Å². The van der Waals surface area contributed by atoms with Gasteiger partial charge < -0.3 is 4.84 Å². The van der Waals surface area contributed by atoms with Crippen LogP contribution in [0, 0.1) is 17.8 Å². The molecule has 0 aliphatic carbocycles. The summed E-state index contributed by atoms with van der Waals surface area (Å²) in [7, 11) is 0. The third-order valence-electron chi connectivity index (χ3n) is 2.46. The maximum atomic E-state index is 11.7. The van der Waals surface area contributed by atoms with Crippen molar-refractivity contribution in [3.8, 4) is 12.3 Å². The van der Waals surface area contributed by atoms with E-state index in [1.165, 1.54) is 0 Å². The molecule has 0 bridgehead atoms. The van der Waals surface area contributed by atoms with E-state index in [1.54, 1.807) is 5.06 Å². The van der Waals surface area contributed by atoms with E-state index in [2.05, 4.69) is 5.92 Å². The maximum Gasteiger partial charge on any atom is 0.330 e. The van der Waals surface area contributed by atoms with Gasteiger partial charge in [0.05, 0.1) is 5.41 Å². The van der Waals surface area contributed by atoms with Crippen LogP contribution in [0.5, 0.6) is 0 Å². The second-order valence-electron chi connectivity index (χ2n) is 4.95. The SMILES string of the molecule is C#CC1CCCCN1OC(=O)C(C)(C)C. The molecule has 84 valence electrons. The summed E-state index contributed by atoms with van der Waals surface area (Å²) in [6.07, 6.45) is 8.45. The van der Waals surface area contributed by atoms with Crippen molar-refractivity contribution < 1.29 is 9.63 Å². The minimum atomic E-state index is -0.476. The first-order chi connectivity index (χ1) is 6.95. The van der Waals surface area contributed by atoms with Gasteiger partial charge >= 0.3 is 5.97 Å². The van der Waals surface area contributed by atoms with Crippen molar-refractivity contribution in [2.45, 2.75) is 46.1 Å². The van der Waals surface area contributed by atoms with Crippen molar-refractivity contribution in [2.75, 3.05) is 6.54 Å². The Kier molecular flexibility index (Phi) is 3.76. The van der Waals surface area contributed by atoms with Gasteiger partial charge in [-0.1, -0.05) is 5.92 Å². The van der Waals surface area contributed by atoms with E-state index in [0.717, 1.165) is 25.8 Å². The number of hydrogen-bond donors (Lipinski definition) is 0. The van der Waals surface area contributed by atoms with E-state index in [-0.39, 0.29) is 12.0 Å². The quantitative estimate of drug-likeness (QED) is 0.618. The second kappa shape index (κ2) is 4.67. The molecule has 0 aromatic carbocycles. The fraction of sp³-hybridized carbons (Fsp3) is 0.750. The normalized spacial score (nSPS) is 23.2. The fourth-order valence-corrected chi connectivity index (χ4v) is 1.42. The van der Waals surface area contributed by atoms with E-state index < -0.39 is 5.41 Å². The lowest BCUT2D eigenvalue weighted by Gasteiger charge is -2.32. The van der Waals surface area contributed by atoms with Crippen LogP contribution >= 0.6 is 0 Å². The highest BCUT2D eigenvalue weighted by Gasteiger charge is 2.29. The highest BCUT2D eigenvalue weighted by atomic mass is 16.7. The zero-order valence-electron chi connectivity index (χ0n) is 9.75. The molecule has 15 heavy (non-hydrogen) atoms. The lowest BCUT2D eigenvalue weighted by atomic mass is 9.97. The first-order valence-electron chi connectivity index (χ1n) is 5.40. The van der Waals surface area contributed by atoms with Crippen LogP contribution in [-0.4, -0.2) is 23.6 Å². The van der Waals surface area contributed by atoms with Crippen LogP contribution in [-0.2, 0) is 9.63 Å². The summed E-state index contributed by atoms with van der Waals surface area (Å²) in [6, 6.07) is -0.0509. The fourth-order valence-electron chi connectivity index (χ4n) is 1.42. The van der Waals surface area contributed by atoms with Crippen molar-refractivity contribution in [2.24, 2.45) is 5.41 Å². The lowest BCUT2D eigenvalue weighted by Crippen LogP contribution is -2.42. The molecule has 3 nitrogen and oxygen atoms in total. The molecule has 1 rings (SSSR count). The van der Waals surface area contributed by atoms with Crippen LogP contribution in [0.1, 0.15) is 40.0 Å². The summed E-state index contributed by atoms with van der Waals surface area (Å²) in [5.74, 6) is 2.44. The molecule has 1 heterocycles. The molecule has 0 aromatic heterocycles. The number of hydrogen-bond acceptors (Lipinski definition) is 3. The van der Waals surface area contributed by atoms with E-state index >= 15 is 0 Å². The first-order valence-corrected chi connectivity index (χ1v) is 5.40. The predicted molar refractivity (Wildman–Crippen MR) is 58.7 cm³/mol. The van der Waals surface area contributed by atoms with Crippen LogP contribution in [0.15, 0.2) is 0 Å². The highest BCUT2D eigenvalue weighted by Crippen LogP contribution is 2.21. The average Bonchev–Trinajstić information content (AvgIpc) is 2.17. The van der Waals surface area contributed by atoms with Crippen LogP contribution < -0.4 is 0 Å². The highest BCUT2D eigenvalue weighted by molar-refractivity contribution is 5.75. The first kappa shape index (κ1) is 12.1. The Labute approximate surface area is 91.7 Å². The molecule has 0 aromatic rings. The van der Waals surface area contributed by atoms with Crippen molar-refractivity contribution in [3.63, 3.8) is 0 Å². The Morgan fingerprint density at radius 1 is 1.47 bits per heavy atom. The Bertz CT molecular complexity index is 272. The summed E-state index contributed by atoms with van der Waals surface area (Å²) in [5.41, 5.74) is -0.476. The molecule has 0 radical (unpaired) electrons. The van der Waals surface area contributed by atoms with Gasteiger partial charge in [0.1, 0.15) is 6.04 Å². The van der Waals surface area contributed by atoms with E-state index in [4.69, 9.17) is 11.3 Å². The van der Waals surface area contributed by atoms with E-state index in [0.29, 0.717) is 0 Å². The number of hydroxylamine groups is 2. The van der Waals surface area contributed by atoms with Gasteiger partial charge in [0.15, 0.2) is 0 Å². The Morgan fingerprint density at radius 2 is 2.13 bits per heavy atom. The van der Waals surface area contributed by atoms with Crippen molar-refractivity contribution in [1.29, 1.82) is 0 Å². The van der Waals surface area contributed by atoms with Gasteiger partial charge in [-0.05, 0) is 40.0 Å². The number of carbonyl (C=O) groups is 1. The largest absolute Gasteiger partial charge is 0.366 e. The number of carbonyl (C=O) groups excluding carboxylic acids is 1. The summed E-state index contributed by atoms with van der Waals surface area (Å²) in [5, 5.41) is 1.65. The Balaban J connectivity index is 2.57. The van der Waals surface area contributed by atoms with Crippen LogP contribution in [0.4, 0.5) is 0 Å². The standard InChI is InChI=1S/C12H19NO2/c1-5-10-8-6-7-9-13(10)15-11(14)12(2,3)4/h1,10H,6-9H2,2-4H3. The molecular weight excluding hydrogens is 190 g/mol. The Morgan fingerprint density at radius 3 is 2.67 bits per heavy atom. The predicted octanol–water partition coefficient (Wildman–Crippen LogP) is 1.98. The molecule has 3 heteroatoms. The molecule has 1 saturated heterocycles. The maximum absolute atomic E-state index is 11.7. The van der Waals surface area contributed by atoms with Crippen molar-refractivity contribution in [1.82, 2.24) is 5.06 Å².